The Morgan fingerprint density at radius 1 is 1.37 bits per heavy atom. The lowest BCUT2D eigenvalue weighted by Gasteiger charge is -2.24. The summed E-state index contributed by atoms with van der Waals surface area (Å²) in [6.45, 7) is 7.67. The predicted octanol–water partition coefficient (Wildman–Crippen LogP) is 2.15. The molecule has 3 nitrogen and oxygen atoms in total. The molecular weight excluding hydrogens is 236 g/mol. The van der Waals surface area contributed by atoms with Crippen LogP contribution in [0.25, 0.3) is 0 Å². The van der Waals surface area contributed by atoms with Gasteiger partial charge in [0.1, 0.15) is 5.75 Å². The Kier molecular flexibility index (Phi) is 4.83. The van der Waals surface area contributed by atoms with E-state index in [2.05, 4.69) is 43.2 Å². The summed E-state index contributed by atoms with van der Waals surface area (Å²) in [7, 11) is 4.00. The normalized spacial score (nSPS) is 19.1. The number of ether oxygens (including phenoxy) is 1. The van der Waals surface area contributed by atoms with Crippen LogP contribution in [0.4, 0.5) is 0 Å². The predicted molar refractivity (Wildman–Crippen MR) is 80.1 cm³/mol. The largest absolute Gasteiger partial charge is 0.496 e. The van der Waals surface area contributed by atoms with E-state index in [4.69, 9.17) is 4.74 Å². The average Bonchev–Trinajstić information content (AvgIpc) is 2.90. The van der Waals surface area contributed by atoms with Gasteiger partial charge in [0.25, 0.3) is 0 Å². The van der Waals surface area contributed by atoms with Crippen LogP contribution >= 0.6 is 0 Å². The molecule has 106 valence electrons. The second kappa shape index (κ2) is 6.40. The fraction of sp³-hybridized carbons (Fsp3) is 0.625. The lowest BCUT2D eigenvalue weighted by atomic mass is 10.0. The van der Waals surface area contributed by atoms with Crippen LogP contribution in [0.1, 0.15) is 23.1 Å². The molecule has 1 N–H and O–H groups in total. The second-order valence-corrected chi connectivity index (χ2v) is 5.64. The number of nitrogens with one attached hydrogen (secondary N) is 1. The molecule has 0 bridgehead atoms. The highest BCUT2D eigenvalue weighted by atomic mass is 16.5. The first-order valence-corrected chi connectivity index (χ1v) is 7.17. The van der Waals surface area contributed by atoms with E-state index < -0.39 is 0 Å². The Morgan fingerprint density at radius 2 is 2.16 bits per heavy atom. The van der Waals surface area contributed by atoms with Crippen LogP contribution in [0, 0.1) is 13.8 Å². The van der Waals surface area contributed by atoms with Crippen molar-refractivity contribution >= 4 is 0 Å². The lowest BCUT2D eigenvalue weighted by molar-refractivity contribution is 0.259. The molecule has 0 aromatic heterocycles. The fourth-order valence-electron chi connectivity index (χ4n) is 2.95. The molecule has 19 heavy (non-hydrogen) atoms. The number of benzene rings is 1. The van der Waals surface area contributed by atoms with Crippen molar-refractivity contribution in [2.75, 3.05) is 33.8 Å². The molecule has 1 aromatic rings. The Balaban J connectivity index is 2.02. The summed E-state index contributed by atoms with van der Waals surface area (Å²) in [6.07, 6.45) is 2.32. The number of likely N-dealkylation sites (N-methyl/N-ethyl adjacent to an activating group) is 1. The van der Waals surface area contributed by atoms with E-state index in [-0.39, 0.29) is 0 Å². The van der Waals surface area contributed by atoms with Gasteiger partial charge in [0.15, 0.2) is 0 Å². The van der Waals surface area contributed by atoms with Crippen molar-refractivity contribution in [3.63, 3.8) is 0 Å². The van der Waals surface area contributed by atoms with Gasteiger partial charge >= 0.3 is 0 Å². The van der Waals surface area contributed by atoms with Crippen LogP contribution in [0.3, 0.4) is 0 Å². The maximum atomic E-state index is 5.53. The molecule has 0 amide bonds. The standard InChI is InChI=1S/C16H26N2O/c1-12-9-13(2)15(16(10-12)19-4)6-8-18(3)14-5-7-17-11-14/h9-10,14,17H,5-8,11H2,1-4H3. The molecule has 0 radical (unpaired) electrons. The van der Waals surface area contributed by atoms with Crippen molar-refractivity contribution in [1.29, 1.82) is 0 Å². The summed E-state index contributed by atoms with van der Waals surface area (Å²) < 4.78 is 5.53. The molecule has 1 saturated heterocycles. The molecule has 1 aliphatic heterocycles. The smallest absolute Gasteiger partial charge is 0.122 e. The van der Waals surface area contributed by atoms with E-state index in [0.29, 0.717) is 6.04 Å². The average molecular weight is 262 g/mol. The molecule has 1 fully saturated rings. The Bertz CT molecular complexity index is 425. The summed E-state index contributed by atoms with van der Waals surface area (Å²) in [5.41, 5.74) is 3.96. The molecule has 3 heteroatoms. The second-order valence-electron chi connectivity index (χ2n) is 5.64. The molecule has 1 aromatic carbocycles. The van der Waals surface area contributed by atoms with E-state index in [0.717, 1.165) is 31.8 Å². The molecule has 0 aliphatic carbocycles. The van der Waals surface area contributed by atoms with Crippen molar-refractivity contribution < 1.29 is 4.74 Å². The molecule has 0 saturated carbocycles. The van der Waals surface area contributed by atoms with E-state index in [1.54, 1.807) is 7.11 Å². The van der Waals surface area contributed by atoms with Crippen LogP contribution in [0.2, 0.25) is 0 Å². The number of methoxy groups -OCH3 is 1. The molecule has 1 unspecified atom stereocenters. The number of hydrogen-bond acceptors (Lipinski definition) is 3. The minimum absolute atomic E-state index is 0.691. The number of hydrogen-bond donors (Lipinski definition) is 1. The monoisotopic (exact) mass is 262 g/mol. The Morgan fingerprint density at radius 3 is 2.79 bits per heavy atom. The zero-order chi connectivity index (χ0) is 13.8. The highest BCUT2D eigenvalue weighted by Crippen LogP contribution is 2.25. The molecular formula is C16H26N2O. The summed E-state index contributed by atoms with van der Waals surface area (Å²) in [4.78, 5) is 2.47. The van der Waals surface area contributed by atoms with E-state index in [1.165, 1.54) is 23.1 Å². The molecule has 0 spiro atoms. The van der Waals surface area contributed by atoms with Crippen molar-refractivity contribution in [2.45, 2.75) is 32.7 Å². The number of aryl methyl sites for hydroxylation is 2. The van der Waals surface area contributed by atoms with E-state index in [1.807, 2.05) is 0 Å². The minimum Gasteiger partial charge on any atom is -0.496 e. The zero-order valence-electron chi connectivity index (χ0n) is 12.6. The quantitative estimate of drug-likeness (QED) is 0.880. The van der Waals surface area contributed by atoms with Crippen LogP contribution < -0.4 is 10.1 Å². The lowest BCUT2D eigenvalue weighted by Crippen LogP contribution is -2.35. The topological polar surface area (TPSA) is 24.5 Å². The fourth-order valence-corrected chi connectivity index (χ4v) is 2.95. The minimum atomic E-state index is 0.691. The van der Waals surface area contributed by atoms with E-state index >= 15 is 0 Å². The Labute approximate surface area is 116 Å². The number of rotatable bonds is 5. The SMILES string of the molecule is COc1cc(C)cc(C)c1CCN(C)C1CCNC1. The summed E-state index contributed by atoms with van der Waals surface area (Å²) >= 11 is 0. The maximum Gasteiger partial charge on any atom is 0.122 e. The van der Waals surface area contributed by atoms with E-state index in [9.17, 15) is 0 Å². The number of nitrogens with zero attached hydrogens (tertiary/aromatic N) is 1. The highest BCUT2D eigenvalue weighted by molar-refractivity contribution is 5.43. The van der Waals surface area contributed by atoms with Crippen molar-refractivity contribution in [3.8, 4) is 5.75 Å². The zero-order valence-corrected chi connectivity index (χ0v) is 12.6. The summed E-state index contributed by atoms with van der Waals surface area (Å²) in [6, 6.07) is 5.07. The molecule has 2 rings (SSSR count). The first-order chi connectivity index (χ1) is 9.11. The van der Waals surface area contributed by atoms with Crippen molar-refractivity contribution in [3.05, 3.63) is 28.8 Å². The van der Waals surface area contributed by atoms with Gasteiger partial charge in [-0.1, -0.05) is 6.07 Å². The van der Waals surface area contributed by atoms with Gasteiger partial charge in [-0.3, -0.25) is 0 Å². The summed E-state index contributed by atoms with van der Waals surface area (Å²) in [5, 5.41) is 3.43. The van der Waals surface area contributed by atoms with Gasteiger partial charge in [-0.15, -0.1) is 0 Å². The van der Waals surface area contributed by atoms with Gasteiger partial charge < -0.3 is 15.0 Å². The first-order valence-electron chi connectivity index (χ1n) is 7.17. The highest BCUT2D eigenvalue weighted by Gasteiger charge is 2.19. The van der Waals surface area contributed by atoms with Gasteiger partial charge in [0.05, 0.1) is 7.11 Å². The van der Waals surface area contributed by atoms with Gasteiger partial charge in [-0.25, -0.2) is 0 Å². The van der Waals surface area contributed by atoms with Crippen LogP contribution in [0.15, 0.2) is 12.1 Å². The maximum absolute atomic E-state index is 5.53. The molecule has 1 heterocycles. The third-order valence-electron chi connectivity index (χ3n) is 4.17. The van der Waals surface area contributed by atoms with Gasteiger partial charge in [-0.05, 0) is 63.0 Å². The van der Waals surface area contributed by atoms with Gasteiger partial charge in [0, 0.05) is 19.1 Å². The van der Waals surface area contributed by atoms with Crippen LogP contribution in [0.5, 0.6) is 5.75 Å². The van der Waals surface area contributed by atoms with Gasteiger partial charge in [0.2, 0.25) is 0 Å². The molecule has 1 atom stereocenters. The van der Waals surface area contributed by atoms with Gasteiger partial charge in [-0.2, -0.15) is 0 Å². The van der Waals surface area contributed by atoms with Crippen molar-refractivity contribution in [1.82, 2.24) is 10.2 Å². The van der Waals surface area contributed by atoms with Crippen LogP contribution in [-0.2, 0) is 6.42 Å². The Hall–Kier alpha value is -1.06. The summed E-state index contributed by atoms with van der Waals surface area (Å²) in [5.74, 6) is 1.04. The van der Waals surface area contributed by atoms with Crippen LogP contribution in [-0.4, -0.2) is 44.7 Å². The third kappa shape index (κ3) is 3.48. The van der Waals surface area contributed by atoms with Crippen molar-refractivity contribution in [2.24, 2.45) is 0 Å². The first kappa shape index (κ1) is 14.4. The third-order valence-corrected chi connectivity index (χ3v) is 4.17. The molecule has 1 aliphatic rings.